The number of aliphatic hydroxyl groups is 1. The highest BCUT2D eigenvalue weighted by atomic mass is 16.3. The topological polar surface area (TPSA) is 69.6 Å². The van der Waals surface area contributed by atoms with E-state index in [1.807, 2.05) is 0 Å². The van der Waals surface area contributed by atoms with Gasteiger partial charge in [0.2, 0.25) is 5.91 Å². The molecule has 0 spiro atoms. The van der Waals surface area contributed by atoms with Crippen LogP contribution < -0.4 is 5.32 Å². The van der Waals surface area contributed by atoms with Crippen molar-refractivity contribution in [3.8, 4) is 5.75 Å². The van der Waals surface area contributed by atoms with Crippen LogP contribution in [0.25, 0.3) is 0 Å². The highest BCUT2D eigenvalue weighted by Crippen LogP contribution is 2.26. The fraction of sp³-hybridized carbons (Fsp3) is 0.462. The van der Waals surface area contributed by atoms with Crippen LogP contribution in [0.15, 0.2) is 24.3 Å². The van der Waals surface area contributed by atoms with E-state index in [1.54, 1.807) is 24.3 Å². The Morgan fingerprint density at radius 2 is 1.94 bits per heavy atom. The number of hydrogen-bond acceptors (Lipinski definition) is 3. The van der Waals surface area contributed by atoms with Gasteiger partial charge in [-0.1, -0.05) is 12.1 Å². The van der Waals surface area contributed by atoms with E-state index in [4.69, 9.17) is 10.2 Å². The van der Waals surface area contributed by atoms with Gasteiger partial charge in [0.1, 0.15) is 5.75 Å². The Morgan fingerprint density at radius 3 is 2.53 bits per heavy atom. The lowest BCUT2D eigenvalue weighted by Gasteiger charge is -2.31. The van der Waals surface area contributed by atoms with E-state index in [2.05, 4.69) is 5.32 Å². The van der Waals surface area contributed by atoms with E-state index >= 15 is 0 Å². The zero-order valence-corrected chi connectivity index (χ0v) is 9.60. The maximum absolute atomic E-state index is 11.6. The summed E-state index contributed by atoms with van der Waals surface area (Å²) in [6, 6.07) is 6.62. The Bertz CT molecular complexity index is 382. The summed E-state index contributed by atoms with van der Waals surface area (Å²) in [5.74, 6) is 0.614. The van der Waals surface area contributed by atoms with E-state index in [1.165, 1.54) is 0 Å². The van der Waals surface area contributed by atoms with Gasteiger partial charge in [0.15, 0.2) is 0 Å². The molecule has 1 aliphatic rings. The minimum atomic E-state index is -0.172. The maximum Gasteiger partial charge on any atom is 0.224 e. The lowest BCUT2D eigenvalue weighted by Crippen LogP contribution is -2.38. The number of nitrogens with one attached hydrogen (secondary N) is 1. The number of phenolic OH excluding ortho intramolecular Hbond substituents is 1. The molecule has 0 aliphatic heterocycles. The summed E-state index contributed by atoms with van der Waals surface area (Å²) in [4.78, 5) is 11.6. The second-order valence-corrected chi connectivity index (χ2v) is 4.64. The first-order chi connectivity index (χ1) is 8.13. The van der Waals surface area contributed by atoms with Gasteiger partial charge in [0.25, 0.3) is 0 Å². The number of phenols is 1. The summed E-state index contributed by atoms with van der Waals surface area (Å²) in [6.45, 7) is 0.647. The number of carbonyl (C=O) groups is 1. The van der Waals surface area contributed by atoms with Crippen molar-refractivity contribution >= 4 is 5.91 Å². The molecule has 17 heavy (non-hydrogen) atoms. The van der Waals surface area contributed by atoms with Crippen molar-refractivity contribution in [3.05, 3.63) is 29.8 Å². The molecular weight excluding hydrogens is 218 g/mol. The number of aromatic hydroxyl groups is 1. The summed E-state index contributed by atoms with van der Waals surface area (Å²) in [5.41, 5.74) is 0.883. The predicted molar refractivity (Wildman–Crippen MR) is 63.6 cm³/mol. The number of carbonyl (C=O) groups excluding carboxylic acids is 1. The second-order valence-electron chi connectivity index (χ2n) is 4.64. The molecule has 92 valence electrons. The third-order valence-corrected chi connectivity index (χ3v) is 3.10. The summed E-state index contributed by atoms with van der Waals surface area (Å²) in [6.07, 6.45) is 1.74. The lowest BCUT2D eigenvalue weighted by atomic mass is 9.82. The Labute approximate surface area is 100 Å². The lowest BCUT2D eigenvalue weighted by molar-refractivity contribution is -0.121. The molecule has 0 aromatic heterocycles. The summed E-state index contributed by atoms with van der Waals surface area (Å²) in [5, 5.41) is 21.1. The fourth-order valence-electron chi connectivity index (χ4n) is 1.99. The van der Waals surface area contributed by atoms with E-state index in [-0.39, 0.29) is 17.8 Å². The van der Waals surface area contributed by atoms with Crippen molar-refractivity contribution in [1.82, 2.24) is 5.32 Å². The molecule has 1 fully saturated rings. The minimum absolute atomic E-state index is 0.0166. The van der Waals surface area contributed by atoms with Crippen LogP contribution >= 0.6 is 0 Å². The molecule has 1 aromatic carbocycles. The molecule has 1 aromatic rings. The molecule has 4 nitrogen and oxygen atoms in total. The molecule has 0 atom stereocenters. The van der Waals surface area contributed by atoms with Gasteiger partial charge < -0.3 is 15.5 Å². The van der Waals surface area contributed by atoms with Gasteiger partial charge >= 0.3 is 0 Å². The molecule has 1 saturated carbocycles. The number of hydrogen-bond donors (Lipinski definition) is 3. The first kappa shape index (κ1) is 11.9. The van der Waals surface area contributed by atoms with E-state index in [0.29, 0.717) is 18.9 Å². The molecule has 1 amide bonds. The van der Waals surface area contributed by atoms with Crippen LogP contribution in [-0.4, -0.2) is 28.8 Å². The van der Waals surface area contributed by atoms with Gasteiger partial charge in [-0.25, -0.2) is 0 Å². The highest BCUT2D eigenvalue weighted by molar-refractivity contribution is 5.78. The van der Waals surface area contributed by atoms with Crippen LogP contribution in [0, 0.1) is 5.92 Å². The maximum atomic E-state index is 11.6. The van der Waals surface area contributed by atoms with E-state index < -0.39 is 0 Å². The van der Waals surface area contributed by atoms with Crippen molar-refractivity contribution in [2.24, 2.45) is 5.92 Å². The van der Waals surface area contributed by atoms with Crippen molar-refractivity contribution in [3.63, 3.8) is 0 Å². The first-order valence-electron chi connectivity index (χ1n) is 5.86. The van der Waals surface area contributed by atoms with Crippen molar-refractivity contribution in [1.29, 1.82) is 0 Å². The van der Waals surface area contributed by atoms with Crippen LogP contribution in [0.5, 0.6) is 5.75 Å². The van der Waals surface area contributed by atoms with Gasteiger partial charge in [-0.2, -0.15) is 0 Å². The average molecular weight is 235 g/mol. The van der Waals surface area contributed by atoms with Crippen LogP contribution in [0.3, 0.4) is 0 Å². The standard InChI is InChI=1S/C13H17NO3/c15-11-3-1-9(2-4-11)7-13(17)14-8-10-5-12(16)6-10/h1-4,10,12,15-16H,5-8H2,(H,14,17). The molecule has 4 heteroatoms. The molecule has 2 rings (SSSR count). The Balaban J connectivity index is 1.71. The van der Waals surface area contributed by atoms with Crippen LogP contribution in [0.4, 0.5) is 0 Å². The third kappa shape index (κ3) is 3.46. The quantitative estimate of drug-likeness (QED) is 0.723. The first-order valence-corrected chi connectivity index (χ1v) is 5.86. The molecule has 0 bridgehead atoms. The van der Waals surface area contributed by atoms with Gasteiger partial charge in [0.05, 0.1) is 12.5 Å². The zero-order chi connectivity index (χ0) is 12.3. The van der Waals surface area contributed by atoms with Crippen LogP contribution in [0.2, 0.25) is 0 Å². The summed E-state index contributed by atoms with van der Waals surface area (Å²) >= 11 is 0. The summed E-state index contributed by atoms with van der Waals surface area (Å²) in [7, 11) is 0. The molecule has 3 N–H and O–H groups in total. The smallest absolute Gasteiger partial charge is 0.224 e. The predicted octanol–water partition coefficient (Wildman–Crippen LogP) is 0.822. The van der Waals surface area contributed by atoms with E-state index in [9.17, 15) is 4.79 Å². The number of benzene rings is 1. The molecule has 0 heterocycles. The van der Waals surface area contributed by atoms with Gasteiger partial charge in [-0.05, 0) is 36.5 Å². The molecule has 0 radical (unpaired) electrons. The average Bonchev–Trinajstić information content (AvgIpc) is 2.26. The highest BCUT2D eigenvalue weighted by Gasteiger charge is 2.26. The van der Waals surface area contributed by atoms with Crippen molar-refractivity contribution in [2.45, 2.75) is 25.4 Å². The minimum Gasteiger partial charge on any atom is -0.508 e. The van der Waals surface area contributed by atoms with Crippen molar-refractivity contribution in [2.75, 3.05) is 6.54 Å². The Morgan fingerprint density at radius 1 is 1.29 bits per heavy atom. The van der Waals surface area contributed by atoms with Crippen molar-refractivity contribution < 1.29 is 15.0 Å². The SMILES string of the molecule is O=C(Cc1ccc(O)cc1)NCC1CC(O)C1. The Hall–Kier alpha value is -1.55. The largest absolute Gasteiger partial charge is 0.508 e. The monoisotopic (exact) mass is 235 g/mol. The number of amides is 1. The normalized spacial score (nSPS) is 22.9. The summed E-state index contributed by atoms with van der Waals surface area (Å²) < 4.78 is 0. The van der Waals surface area contributed by atoms with Gasteiger partial charge in [0, 0.05) is 6.54 Å². The van der Waals surface area contributed by atoms with Crippen LogP contribution in [-0.2, 0) is 11.2 Å². The Kier molecular flexibility index (Phi) is 3.64. The van der Waals surface area contributed by atoms with E-state index in [0.717, 1.165) is 18.4 Å². The number of aliphatic hydroxyl groups excluding tert-OH is 1. The number of rotatable bonds is 4. The zero-order valence-electron chi connectivity index (χ0n) is 9.60. The molecule has 1 aliphatic carbocycles. The fourth-order valence-corrected chi connectivity index (χ4v) is 1.99. The molecular formula is C13H17NO3. The van der Waals surface area contributed by atoms with Crippen LogP contribution in [0.1, 0.15) is 18.4 Å². The third-order valence-electron chi connectivity index (χ3n) is 3.10. The van der Waals surface area contributed by atoms with Gasteiger partial charge in [-0.15, -0.1) is 0 Å². The van der Waals surface area contributed by atoms with Gasteiger partial charge in [-0.3, -0.25) is 4.79 Å². The second kappa shape index (κ2) is 5.19. The molecule has 0 saturated heterocycles. The molecule has 0 unspecified atom stereocenters.